The Morgan fingerprint density at radius 2 is 1.24 bits per heavy atom. The molecule has 0 radical (unpaired) electrons. The third kappa shape index (κ3) is 11.9. The van der Waals surface area contributed by atoms with Crippen molar-refractivity contribution in [2.75, 3.05) is 51.8 Å². The van der Waals surface area contributed by atoms with Crippen molar-refractivity contribution in [1.82, 2.24) is 20.9 Å². The van der Waals surface area contributed by atoms with E-state index in [0.717, 1.165) is 35.3 Å². The van der Waals surface area contributed by atoms with E-state index in [0.29, 0.717) is 26.3 Å². The van der Waals surface area contributed by atoms with Crippen molar-refractivity contribution in [3.63, 3.8) is 0 Å². The van der Waals surface area contributed by atoms with Gasteiger partial charge in [0.2, 0.25) is 11.8 Å². The van der Waals surface area contributed by atoms with Gasteiger partial charge in [-0.1, -0.05) is 121 Å². The third-order valence-corrected chi connectivity index (χ3v) is 10.5. The zero-order chi connectivity index (χ0) is 38.2. The Bertz CT molecular complexity index is 1640. The second kappa shape index (κ2) is 20.1. The molecule has 11 heteroatoms. The van der Waals surface area contributed by atoms with E-state index in [-0.39, 0.29) is 24.9 Å². The second-order valence-corrected chi connectivity index (χ2v) is 15.3. The van der Waals surface area contributed by atoms with Crippen LogP contribution in [-0.2, 0) is 35.2 Å². The molecule has 0 aromatic heterocycles. The van der Waals surface area contributed by atoms with Crippen LogP contribution in [-0.4, -0.2) is 92.2 Å². The summed E-state index contributed by atoms with van der Waals surface area (Å²) in [6.07, 6.45) is -0.736. The van der Waals surface area contributed by atoms with E-state index < -0.39 is 34.4 Å². The number of morpholine rings is 1. The summed E-state index contributed by atoms with van der Waals surface area (Å²) in [5, 5.41) is 8.73. The van der Waals surface area contributed by atoms with Gasteiger partial charge in [0, 0.05) is 31.9 Å². The number of nitrogens with zero attached hydrogens (tertiary/aromatic N) is 1. The first-order chi connectivity index (χ1) is 26.1. The fraction of sp³-hybridized carbons (Fsp3) is 0.372. The first kappa shape index (κ1) is 40.5. The Morgan fingerprint density at radius 1 is 0.722 bits per heavy atom. The quantitative estimate of drug-likeness (QED) is 0.117. The predicted octanol–water partition coefficient (Wildman–Crippen LogP) is 5.76. The largest absolute Gasteiger partial charge is 0.444 e. The van der Waals surface area contributed by atoms with Gasteiger partial charge in [-0.05, 0) is 43.0 Å². The van der Waals surface area contributed by atoms with Crippen LogP contribution in [0.2, 0.25) is 0 Å². The molecule has 4 aromatic rings. The van der Waals surface area contributed by atoms with Gasteiger partial charge < -0.3 is 30.2 Å². The summed E-state index contributed by atoms with van der Waals surface area (Å²) in [6, 6.07) is 37.9. The Kier molecular flexibility index (Phi) is 15.1. The molecule has 1 aliphatic rings. The minimum Gasteiger partial charge on any atom is -0.444 e. The molecular formula is C43H52N4O6S. The van der Waals surface area contributed by atoms with Gasteiger partial charge in [-0.3, -0.25) is 14.5 Å². The number of benzene rings is 4. The molecular weight excluding hydrogens is 701 g/mol. The maximum atomic E-state index is 14.4. The van der Waals surface area contributed by atoms with Crippen LogP contribution in [0.3, 0.4) is 0 Å². The molecule has 1 saturated heterocycles. The molecule has 10 nitrogen and oxygen atoms in total. The lowest BCUT2D eigenvalue weighted by Gasteiger charge is -2.36. The maximum absolute atomic E-state index is 14.4. The molecule has 1 heterocycles. The van der Waals surface area contributed by atoms with Crippen molar-refractivity contribution in [2.24, 2.45) is 0 Å². The van der Waals surface area contributed by atoms with E-state index >= 15 is 0 Å². The normalized spacial score (nSPS) is 14.7. The summed E-state index contributed by atoms with van der Waals surface area (Å²) >= 11 is 1.53. The zero-order valence-electron chi connectivity index (χ0n) is 31.4. The minimum atomic E-state index is -1.09. The Balaban J connectivity index is 1.41. The van der Waals surface area contributed by atoms with Crippen LogP contribution in [0.1, 0.15) is 43.0 Å². The molecule has 4 aromatic carbocycles. The summed E-state index contributed by atoms with van der Waals surface area (Å²) in [4.78, 5) is 43.6. The lowest BCUT2D eigenvalue weighted by atomic mass is 9.84. The van der Waals surface area contributed by atoms with E-state index in [1.807, 2.05) is 84.9 Å². The summed E-state index contributed by atoms with van der Waals surface area (Å²) in [5.74, 6) is -0.770. The molecule has 1 aliphatic heterocycles. The van der Waals surface area contributed by atoms with Crippen LogP contribution >= 0.6 is 11.8 Å². The maximum Gasteiger partial charge on any atom is 0.408 e. The lowest BCUT2D eigenvalue weighted by molar-refractivity contribution is -0.131. The minimum absolute atomic E-state index is 0.0711. The highest BCUT2D eigenvalue weighted by Crippen LogP contribution is 2.48. The highest BCUT2D eigenvalue weighted by Gasteiger charge is 2.39. The molecule has 54 heavy (non-hydrogen) atoms. The summed E-state index contributed by atoms with van der Waals surface area (Å²) < 4.78 is 16.3. The Morgan fingerprint density at radius 3 is 1.76 bits per heavy atom. The van der Waals surface area contributed by atoms with Crippen molar-refractivity contribution in [3.05, 3.63) is 144 Å². The number of carbonyl (C=O) groups excluding carboxylic acids is 3. The van der Waals surface area contributed by atoms with Crippen molar-refractivity contribution in [1.29, 1.82) is 0 Å². The zero-order valence-corrected chi connectivity index (χ0v) is 32.2. The van der Waals surface area contributed by atoms with Gasteiger partial charge in [0.15, 0.2) is 0 Å². The molecule has 286 valence electrons. The second-order valence-electron chi connectivity index (χ2n) is 14.1. The first-order valence-electron chi connectivity index (χ1n) is 18.4. The predicted molar refractivity (Wildman–Crippen MR) is 213 cm³/mol. The molecule has 2 atom stereocenters. The SMILES string of the molecule is CC(C)(C)OC(=O)N[C@@H](CSC(c1ccccc1)(c1ccccc1)c1ccccc1)C(=O)N[C@@H](COCc1ccccc1)C(=O)NCCN1CCOCC1. The van der Waals surface area contributed by atoms with Gasteiger partial charge >= 0.3 is 6.09 Å². The molecule has 3 N–H and O–H groups in total. The molecule has 0 spiro atoms. The topological polar surface area (TPSA) is 118 Å². The van der Waals surface area contributed by atoms with Gasteiger partial charge in [0.1, 0.15) is 17.7 Å². The average molecular weight is 753 g/mol. The number of hydrogen-bond donors (Lipinski definition) is 3. The van der Waals surface area contributed by atoms with Gasteiger partial charge in [-0.15, -0.1) is 11.8 Å². The highest BCUT2D eigenvalue weighted by molar-refractivity contribution is 8.00. The van der Waals surface area contributed by atoms with E-state index in [1.54, 1.807) is 20.8 Å². The fourth-order valence-corrected chi connectivity index (χ4v) is 7.78. The fourth-order valence-electron chi connectivity index (χ4n) is 6.22. The van der Waals surface area contributed by atoms with Crippen LogP contribution in [0, 0.1) is 0 Å². The average Bonchev–Trinajstić information content (AvgIpc) is 3.18. The number of carbonyl (C=O) groups is 3. The lowest BCUT2D eigenvalue weighted by Crippen LogP contribution is -2.57. The number of alkyl carbamates (subject to hydrolysis) is 1. The van der Waals surface area contributed by atoms with Gasteiger partial charge in [0.25, 0.3) is 0 Å². The first-order valence-corrected chi connectivity index (χ1v) is 19.4. The van der Waals surface area contributed by atoms with Crippen molar-refractivity contribution >= 4 is 29.7 Å². The van der Waals surface area contributed by atoms with Gasteiger partial charge in [-0.2, -0.15) is 0 Å². The van der Waals surface area contributed by atoms with Crippen LogP contribution in [0.25, 0.3) is 0 Å². The van der Waals surface area contributed by atoms with Gasteiger partial charge in [-0.25, -0.2) is 4.79 Å². The molecule has 0 saturated carbocycles. The van der Waals surface area contributed by atoms with E-state index in [4.69, 9.17) is 14.2 Å². The van der Waals surface area contributed by atoms with Crippen LogP contribution in [0.5, 0.6) is 0 Å². The van der Waals surface area contributed by atoms with Crippen LogP contribution in [0.4, 0.5) is 4.79 Å². The van der Waals surface area contributed by atoms with E-state index in [2.05, 4.69) is 57.2 Å². The Hall–Kier alpha value is -4.68. The number of rotatable bonds is 17. The summed E-state index contributed by atoms with van der Waals surface area (Å²) in [5.41, 5.74) is 3.17. The van der Waals surface area contributed by atoms with E-state index in [9.17, 15) is 14.4 Å². The summed E-state index contributed by atoms with van der Waals surface area (Å²) in [7, 11) is 0. The standard InChI is InChI=1S/C43H52N4O6S/c1-42(2,3)53-41(50)46-38(32-54-43(34-18-10-5-11-19-34,35-20-12-6-13-21-35)36-22-14-7-15-23-36)40(49)45-37(31-52-30-33-16-8-4-9-17-33)39(48)44-24-25-47-26-28-51-29-27-47/h4-23,37-38H,24-32H2,1-3H3,(H,44,48)(H,45,49)(H,46,50)/t37-,38-/m0/s1. The van der Waals surface area contributed by atoms with Crippen molar-refractivity contribution < 1.29 is 28.6 Å². The van der Waals surface area contributed by atoms with Crippen molar-refractivity contribution in [2.45, 2.75) is 49.8 Å². The molecule has 0 aliphatic carbocycles. The molecule has 1 fully saturated rings. The monoisotopic (exact) mass is 752 g/mol. The molecule has 5 rings (SSSR count). The number of thioether (sulfide) groups is 1. The third-order valence-electron chi connectivity index (χ3n) is 8.87. The number of hydrogen-bond acceptors (Lipinski definition) is 8. The molecule has 0 unspecified atom stereocenters. The number of amides is 3. The summed E-state index contributed by atoms with van der Waals surface area (Å²) in [6.45, 7) is 9.44. The molecule has 0 bridgehead atoms. The number of nitrogens with one attached hydrogen (secondary N) is 3. The van der Waals surface area contributed by atoms with Gasteiger partial charge in [0.05, 0.1) is 31.2 Å². The number of ether oxygens (including phenoxy) is 3. The van der Waals surface area contributed by atoms with Crippen LogP contribution in [0.15, 0.2) is 121 Å². The van der Waals surface area contributed by atoms with Crippen LogP contribution < -0.4 is 16.0 Å². The Labute approximate surface area is 323 Å². The molecule has 3 amide bonds. The smallest absolute Gasteiger partial charge is 0.408 e. The highest BCUT2D eigenvalue weighted by atomic mass is 32.2. The van der Waals surface area contributed by atoms with E-state index in [1.165, 1.54) is 11.8 Å². The van der Waals surface area contributed by atoms with Crippen molar-refractivity contribution in [3.8, 4) is 0 Å².